The molecule has 1 aliphatic carbocycles. The fourth-order valence-electron chi connectivity index (χ4n) is 4.69. The van der Waals surface area contributed by atoms with Gasteiger partial charge in [0.25, 0.3) is 0 Å². The summed E-state index contributed by atoms with van der Waals surface area (Å²) < 4.78 is 6.64. The first-order valence-corrected chi connectivity index (χ1v) is 9.86. The summed E-state index contributed by atoms with van der Waals surface area (Å²) >= 11 is 0. The molecule has 0 aromatic heterocycles. The van der Waals surface area contributed by atoms with Gasteiger partial charge >= 0.3 is 0 Å². The highest BCUT2D eigenvalue weighted by atomic mass is 16.5. The fraction of sp³-hybridized carbons (Fsp3) is 0.435. The highest BCUT2D eigenvalue weighted by molar-refractivity contribution is 6.02. The van der Waals surface area contributed by atoms with Crippen molar-refractivity contribution in [3.05, 3.63) is 65.2 Å². The molecule has 0 amide bonds. The number of para-hydroxylation sites is 1. The largest absolute Gasteiger partial charge is 0.466 e. The van der Waals surface area contributed by atoms with E-state index in [2.05, 4.69) is 67.4 Å². The number of aryl methyl sites for hydroxylation is 1. The van der Waals surface area contributed by atoms with Gasteiger partial charge in [-0.25, -0.2) is 5.01 Å². The third-order valence-corrected chi connectivity index (χ3v) is 6.35. The van der Waals surface area contributed by atoms with Gasteiger partial charge in [0.15, 0.2) is 5.72 Å². The van der Waals surface area contributed by atoms with Crippen LogP contribution in [-0.4, -0.2) is 16.4 Å². The Morgan fingerprint density at radius 2 is 1.77 bits per heavy atom. The van der Waals surface area contributed by atoms with Crippen LogP contribution in [0.3, 0.4) is 0 Å². The molecular weight excluding hydrogens is 320 g/mol. The molecule has 26 heavy (non-hydrogen) atoms. The maximum Gasteiger partial charge on any atom is 0.198 e. The average Bonchev–Trinajstić information content (AvgIpc) is 3.12. The highest BCUT2D eigenvalue weighted by Crippen LogP contribution is 2.51. The number of nitrogens with zero attached hydrogens (tertiary/aromatic N) is 2. The van der Waals surface area contributed by atoms with Crippen molar-refractivity contribution in [2.75, 3.05) is 0 Å². The second-order valence-corrected chi connectivity index (χ2v) is 8.25. The molecule has 3 heteroatoms. The van der Waals surface area contributed by atoms with Crippen LogP contribution >= 0.6 is 0 Å². The van der Waals surface area contributed by atoms with Crippen LogP contribution in [0, 0.1) is 12.8 Å². The zero-order chi connectivity index (χ0) is 17.7. The molecule has 2 aliphatic heterocycles. The van der Waals surface area contributed by atoms with Gasteiger partial charge in [-0.05, 0) is 37.3 Å². The topological polar surface area (TPSA) is 24.8 Å². The summed E-state index contributed by atoms with van der Waals surface area (Å²) in [6, 6.07) is 17.6. The Kier molecular flexibility index (Phi) is 3.59. The van der Waals surface area contributed by atoms with E-state index in [4.69, 9.17) is 9.84 Å². The summed E-state index contributed by atoms with van der Waals surface area (Å²) in [4.78, 5) is 0. The van der Waals surface area contributed by atoms with E-state index < -0.39 is 0 Å². The molecule has 3 aliphatic rings. The molecule has 0 radical (unpaired) electrons. The Labute approximate surface area is 155 Å². The van der Waals surface area contributed by atoms with Gasteiger partial charge in [0, 0.05) is 24.8 Å². The Morgan fingerprint density at radius 3 is 2.54 bits per heavy atom. The minimum atomic E-state index is -0.266. The van der Waals surface area contributed by atoms with Crippen LogP contribution in [0.1, 0.15) is 61.8 Å². The molecule has 2 heterocycles. The molecule has 1 atom stereocenters. The van der Waals surface area contributed by atoms with E-state index in [1.54, 1.807) is 0 Å². The van der Waals surface area contributed by atoms with Crippen LogP contribution in [0.4, 0.5) is 0 Å². The van der Waals surface area contributed by atoms with Crippen LogP contribution < -0.4 is 4.74 Å². The average molecular weight is 346 g/mol. The third kappa shape index (κ3) is 2.45. The summed E-state index contributed by atoms with van der Waals surface area (Å²) in [7, 11) is 0. The predicted molar refractivity (Wildman–Crippen MR) is 104 cm³/mol. The molecule has 134 valence electrons. The highest BCUT2D eigenvalue weighted by Gasteiger charge is 2.51. The minimum Gasteiger partial charge on any atom is -0.466 e. The molecule has 0 bridgehead atoms. The van der Waals surface area contributed by atoms with Crippen molar-refractivity contribution in [3.63, 3.8) is 0 Å². The quantitative estimate of drug-likeness (QED) is 0.686. The lowest BCUT2D eigenvalue weighted by Gasteiger charge is -2.50. The molecule has 2 aromatic carbocycles. The van der Waals surface area contributed by atoms with Crippen molar-refractivity contribution in [3.8, 4) is 5.75 Å². The zero-order valence-electron chi connectivity index (χ0n) is 15.6. The van der Waals surface area contributed by atoms with Gasteiger partial charge in [0.1, 0.15) is 5.75 Å². The van der Waals surface area contributed by atoms with Crippen LogP contribution in [-0.2, 0) is 0 Å². The lowest BCUT2D eigenvalue weighted by molar-refractivity contribution is -0.145. The van der Waals surface area contributed by atoms with Gasteiger partial charge in [-0.1, -0.05) is 55.0 Å². The SMILES string of the molecule is Cc1ccc(C2=NN3[C@H](C2)c2ccccc2OC32CCC(C)CC2)cc1. The van der Waals surface area contributed by atoms with Crippen molar-refractivity contribution >= 4 is 5.71 Å². The van der Waals surface area contributed by atoms with E-state index in [-0.39, 0.29) is 5.72 Å². The Balaban J connectivity index is 1.57. The normalized spacial score (nSPS) is 29.8. The van der Waals surface area contributed by atoms with E-state index >= 15 is 0 Å². The van der Waals surface area contributed by atoms with E-state index in [0.717, 1.165) is 30.9 Å². The molecule has 0 saturated heterocycles. The molecule has 2 aromatic rings. The van der Waals surface area contributed by atoms with E-state index in [1.807, 2.05) is 0 Å². The lowest BCUT2D eigenvalue weighted by atomic mass is 9.82. The monoisotopic (exact) mass is 346 g/mol. The maximum absolute atomic E-state index is 6.64. The summed E-state index contributed by atoms with van der Waals surface area (Å²) in [5.41, 5.74) is 4.73. The maximum atomic E-state index is 6.64. The van der Waals surface area contributed by atoms with E-state index in [9.17, 15) is 0 Å². The number of hydrogen-bond donors (Lipinski definition) is 0. The van der Waals surface area contributed by atoms with Gasteiger partial charge in [0.2, 0.25) is 0 Å². The minimum absolute atomic E-state index is 0.266. The summed E-state index contributed by atoms with van der Waals surface area (Å²) in [6.45, 7) is 4.48. The fourth-order valence-corrected chi connectivity index (χ4v) is 4.69. The Bertz CT molecular complexity index is 847. The van der Waals surface area contributed by atoms with Crippen LogP contribution in [0.5, 0.6) is 5.75 Å². The Morgan fingerprint density at radius 1 is 1.04 bits per heavy atom. The van der Waals surface area contributed by atoms with Crippen molar-refractivity contribution in [2.45, 2.75) is 57.7 Å². The summed E-state index contributed by atoms with van der Waals surface area (Å²) in [5.74, 6) is 1.84. The summed E-state index contributed by atoms with van der Waals surface area (Å²) in [5, 5.41) is 7.45. The molecule has 1 saturated carbocycles. The summed E-state index contributed by atoms with van der Waals surface area (Å²) in [6.07, 6.45) is 5.50. The van der Waals surface area contributed by atoms with Crippen molar-refractivity contribution in [1.29, 1.82) is 0 Å². The van der Waals surface area contributed by atoms with Gasteiger partial charge in [-0.2, -0.15) is 5.10 Å². The molecule has 5 rings (SSSR count). The van der Waals surface area contributed by atoms with Crippen LogP contribution in [0.15, 0.2) is 53.6 Å². The third-order valence-electron chi connectivity index (χ3n) is 6.35. The smallest absolute Gasteiger partial charge is 0.198 e. The second kappa shape index (κ2) is 5.87. The van der Waals surface area contributed by atoms with Crippen LogP contribution in [0.2, 0.25) is 0 Å². The van der Waals surface area contributed by atoms with Crippen LogP contribution in [0.25, 0.3) is 0 Å². The van der Waals surface area contributed by atoms with Gasteiger partial charge in [-0.3, -0.25) is 0 Å². The zero-order valence-corrected chi connectivity index (χ0v) is 15.6. The number of hydrogen-bond acceptors (Lipinski definition) is 3. The molecule has 1 spiro atoms. The first-order valence-electron chi connectivity index (χ1n) is 9.86. The standard InChI is InChI=1S/C23H26N2O/c1-16-7-9-18(10-8-16)20-15-21-19-5-3-4-6-22(19)26-23(25(21)24-20)13-11-17(2)12-14-23/h3-10,17,21H,11-15H2,1-2H3/t17?,21-,23?/m1/s1. The van der Waals surface area contributed by atoms with Crippen molar-refractivity contribution < 1.29 is 4.74 Å². The van der Waals surface area contributed by atoms with E-state index in [0.29, 0.717) is 6.04 Å². The second-order valence-electron chi connectivity index (χ2n) is 8.25. The number of benzene rings is 2. The predicted octanol–water partition coefficient (Wildman–Crippen LogP) is 5.44. The molecular formula is C23H26N2O. The van der Waals surface area contributed by atoms with E-state index in [1.165, 1.54) is 35.2 Å². The molecule has 0 unspecified atom stereocenters. The molecule has 0 N–H and O–H groups in total. The lowest BCUT2D eigenvalue weighted by Crippen LogP contribution is -2.55. The van der Waals surface area contributed by atoms with Gasteiger partial charge in [-0.15, -0.1) is 0 Å². The number of rotatable bonds is 1. The van der Waals surface area contributed by atoms with Gasteiger partial charge in [0.05, 0.1) is 11.8 Å². The van der Waals surface area contributed by atoms with Crippen molar-refractivity contribution in [1.82, 2.24) is 5.01 Å². The Hall–Kier alpha value is -2.29. The first-order chi connectivity index (χ1) is 12.6. The molecule has 3 nitrogen and oxygen atoms in total. The van der Waals surface area contributed by atoms with Gasteiger partial charge < -0.3 is 4.74 Å². The molecule has 1 fully saturated rings. The number of hydrazone groups is 1. The number of fused-ring (bicyclic) bond motifs is 4. The number of ether oxygens (including phenoxy) is 1. The first kappa shape index (κ1) is 15.9. The van der Waals surface area contributed by atoms with Crippen molar-refractivity contribution in [2.24, 2.45) is 11.0 Å².